The Morgan fingerprint density at radius 1 is 1.02 bits per heavy atom. The molecule has 9 atom stereocenters. The summed E-state index contributed by atoms with van der Waals surface area (Å²) in [5.74, 6) is -2.61. The third-order valence-electron chi connectivity index (χ3n) is 9.70. The van der Waals surface area contributed by atoms with Crippen LogP contribution < -0.4 is 0 Å². The average molecular weight is 557 g/mol. The number of aliphatic hydroxyl groups excluding tert-OH is 1. The molecule has 10 nitrogen and oxygen atoms in total. The molecule has 2 saturated heterocycles. The molecule has 1 aromatic carbocycles. The van der Waals surface area contributed by atoms with Gasteiger partial charge in [0, 0.05) is 75.8 Å². The zero-order valence-corrected chi connectivity index (χ0v) is 23.7. The Morgan fingerprint density at radius 2 is 1.68 bits per heavy atom. The van der Waals surface area contributed by atoms with Crippen LogP contribution >= 0.6 is 0 Å². The topological polar surface area (TPSA) is 123 Å². The summed E-state index contributed by atoms with van der Waals surface area (Å²) in [6, 6.07) is 9.19. The van der Waals surface area contributed by atoms with E-state index in [0.717, 1.165) is 0 Å². The molecule has 218 valence electrons. The van der Waals surface area contributed by atoms with Crippen LogP contribution in [0.15, 0.2) is 30.3 Å². The largest absolute Gasteiger partial charge is 0.462 e. The van der Waals surface area contributed by atoms with Crippen LogP contribution in [0.4, 0.5) is 0 Å². The zero-order chi connectivity index (χ0) is 28.8. The molecule has 1 amide bonds. The maximum atomic E-state index is 13.2. The van der Waals surface area contributed by atoms with E-state index in [1.165, 1.54) is 13.8 Å². The van der Waals surface area contributed by atoms with Crippen molar-refractivity contribution < 1.29 is 38.5 Å². The van der Waals surface area contributed by atoms with E-state index in [1.54, 1.807) is 0 Å². The molecular weight excluding hydrogens is 516 g/mol. The van der Waals surface area contributed by atoms with E-state index in [0.29, 0.717) is 51.1 Å². The molecule has 4 fully saturated rings. The van der Waals surface area contributed by atoms with Gasteiger partial charge in [-0.2, -0.15) is 0 Å². The summed E-state index contributed by atoms with van der Waals surface area (Å²) in [6.45, 7) is 9.32. The lowest BCUT2D eigenvalue weighted by Crippen LogP contribution is -2.54. The number of rotatable bonds is 5. The molecule has 0 bridgehead atoms. The lowest BCUT2D eigenvalue weighted by molar-refractivity contribution is -0.165. The molecule has 5 rings (SSSR count). The first kappa shape index (κ1) is 28.5. The number of ether oxygens (including phenoxy) is 3. The summed E-state index contributed by atoms with van der Waals surface area (Å²) in [5, 5.41) is 12.1. The number of carbonyl (C=O) groups is 4. The lowest BCUT2D eigenvalue weighted by atomic mass is 9.66. The molecule has 2 heterocycles. The number of benzene rings is 1. The van der Waals surface area contributed by atoms with E-state index in [1.807, 2.05) is 49.1 Å². The third kappa shape index (κ3) is 5.11. The molecule has 0 spiro atoms. The minimum atomic E-state index is -1.02. The second kappa shape index (κ2) is 11.1. The van der Waals surface area contributed by atoms with Gasteiger partial charge < -0.3 is 24.2 Å². The summed E-state index contributed by atoms with van der Waals surface area (Å²) in [4.78, 5) is 54.1. The van der Waals surface area contributed by atoms with Crippen LogP contribution in [0.3, 0.4) is 0 Å². The number of nitrogens with zero attached hydrogens (tertiary/aromatic N) is 2. The lowest BCUT2D eigenvalue weighted by Gasteiger charge is -2.43. The van der Waals surface area contributed by atoms with Gasteiger partial charge in [0.1, 0.15) is 18.3 Å². The SMILES string of the molecule is CC(=O)O[C@H]1C[C@H](OC(C)=O)[C@@]2(C)[C@@H]1[C@@H](C)C[C@H]1OC(=O)[C@H](CN3CCN(C(=O)c4ccccc4)CC3)[C@H]1[C@@H]2O. The number of piperazine rings is 1. The van der Waals surface area contributed by atoms with Gasteiger partial charge in [-0.3, -0.25) is 24.1 Å². The molecule has 0 unspecified atom stereocenters. The first-order valence-electron chi connectivity index (χ1n) is 14.3. The van der Waals surface area contributed by atoms with E-state index in [4.69, 9.17) is 14.2 Å². The molecule has 4 aliphatic rings. The summed E-state index contributed by atoms with van der Waals surface area (Å²) in [5.41, 5.74) is -0.278. The van der Waals surface area contributed by atoms with Crippen molar-refractivity contribution in [3.8, 4) is 0 Å². The molecule has 2 aliphatic heterocycles. The van der Waals surface area contributed by atoms with Crippen molar-refractivity contribution in [3.63, 3.8) is 0 Å². The van der Waals surface area contributed by atoms with Gasteiger partial charge in [0.05, 0.1) is 12.0 Å². The standard InChI is InChI=1S/C30H40N2O8/c1-17-14-22-25(27(35)30(4)24(39-19(3)34)15-23(26(17)30)38-18(2)33)21(29(37)40-22)16-31-10-12-32(13-11-31)28(36)20-8-6-5-7-9-20/h5-9,17,21-27,35H,10-16H2,1-4H3/t17-,21+,22+,23-,24-,25+,26+,27-,30-/m0/s1. The second-order valence-corrected chi connectivity index (χ2v) is 12.1. The highest BCUT2D eigenvalue weighted by atomic mass is 16.6. The third-order valence-corrected chi connectivity index (χ3v) is 9.70. The maximum Gasteiger partial charge on any atom is 0.311 e. The summed E-state index contributed by atoms with van der Waals surface area (Å²) < 4.78 is 17.3. The van der Waals surface area contributed by atoms with E-state index in [-0.39, 0.29) is 23.7 Å². The highest BCUT2D eigenvalue weighted by Gasteiger charge is 2.67. The molecule has 40 heavy (non-hydrogen) atoms. The molecule has 10 heteroatoms. The van der Waals surface area contributed by atoms with Crippen molar-refractivity contribution in [2.24, 2.45) is 29.1 Å². The van der Waals surface area contributed by atoms with Crippen LogP contribution in [-0.4, -0.2) is 95.9 Å². The fourth-order valence-electron chi connectivity index (χ4n) is 7.96. The van der Waals surface area contributed by atoms with E-state index in [9.17, 15) is 24.3 Å². The number of aliphatic hydroxyl groups is 1. The van der Waals surface area contributed by atoms with Crippen molar-refractivity contribution in [2.45, 2.75) is 65.0 Å². The van der Waals surface area contributed by atoms with Crippen LogP contribution in [0, 0.1) is 29.1 Å². The van der Waals surface area contributed by atoms with Crippen LogP contribution in [0.5, 0.6) is 0 Å². The van der Waals surface area contributed by atoms with Crippen molar-refractivity contribution >= 4 is 23.8 Å². The highest BCUT2D eigenvalue weighted by molar-refractivity contribution is 5.94. The first-order chi connectivity index (χ1) is 19.0. The van der Waals surface area contributed by atoms with Crippen molar-refractivity contribution in [1.82, 2.24) is 9.80 Å². The molecule has 0 aromatic heterocycles. The first-order valence-corrected chi connectivity index (χ1v) is 14.3. The Balaban J connectivity index is 1.34. The van der Waals surface area contributed by atoms with Gasteiger partial charge in [0.25, 0.3) is 5.91 Å². The number of fused-ring (bicyclic) bond motifs is 2. The predicted octanol–water partition coefficient (Wildman–Crippen LogP) is 1.89. The van der Waals surface area contributed by atoms with E-state index >= 15 is 0 Å². The average Bonchev–Trinajstić information content (AvgIpc) is 3.33. The minimum absolute atomic E-state index is 0.00665. The van der Waals surface area contributed by atoms with Crippen molar-refractivity contribution in [1.29, 1.82) is 0 Å². The number of carbonyl (C=O) groups excluding carboxylic acids is 4. The van der Waals surface area contributed by atoms with Gasteiger partial charge in [-0.1, -0.05) is 32.0 Å². The minimum Gasteiger partial charge on any atom is -0.462 e. The fraction of sp³-hybridized carbons (Fsp3) is 0.667. The quantitative estimate of drug-likeness (QED) is 0.428. The van der Waals surface area contributed by atoms with Crippen molar-refractivity contribution in [3.05, 3.63) is 35.9 Å². The second-order valence-electron chi connectivity index (χ2n) is 12.1. The molecule has 2 aliphatic carbocycles. The molecule has 1 aromatic rings. The monoisotopic (exact) mass is 556 g/mol. The van der Waals surface area contributed by atoms with Crippen LogP contribution in [0.1, 0.15) is 50.9 Å². The molecule has 2 saturated carbocycles. The molecule has 0 radical (unpaired) electrons. The molecule has 1 N–H and O–H groups in total. The van der Waals surface area contributed by atoms with E-state index < -0.39 is 53.6 Å². The van der Waals surface area contributed by atoms with Gasteiger partial charge in [0.15, 0.2) is 0 Å². The van der Waals surface area contributed by atoms with Gasteiger partial charge in [-0.25, -0.2) is 0 Å². The highest BCUT2D eigenvalue weighted by Crippen LogP contribution is 2.59. The Kier molecular flexibility index (Phi) is 7.94. The number of hydrogen-bond donors (Lipinski definition) is 1. The number of esters is 3. The summed E-state index contributed by atoms with van der Waals surface area (Å²) >= 11 is 0. The van der Waals surface area contributed by atoms with Crippen LogP contribution in [0.25, 0.3) is 0 Å². The summed E-state index contributed by atoms with van der Waals surface area (Å²) in [7, 11) is 0. The van der Waals surface area contributed by atoms with Crippen LogP contribution in [0.2, 0.25) is 0 Å². The Labute approximate surface area is 234 Å². The van der Waals surface area contributed by atoms with Gasteiger partial charge >= 0.3 is 17.9 Å². The van der Waals surface area contributed by atoms with Gasteiger partial charge in [-0.05, 0) is 24.5 Å². The van der Waals surface area contributed by atoms with Gasteiger partial charge in [0.2, 0.25) is 0 Å². The normalized spacial score (nSPS) is 37.6. The van der Waals surface area contributed by atoms with E-state index in [2.05, 4.69) is 4.90 Å². The van der Waals surface area contributed by atoms with Crippen molar-refractivity contribution in [2.75, 3.05) is 32.7 Å². The summed E-state index contributed by atoms with van der Waals surface area (Å²) in [6.07, 6.45) is -1.86. The number of amides is 1. The fourth-order valence-corrected chi connectivity index (χ4v) is 7.96. The Bertz CT molecular complexity index is 1140. The Morgan fingerprint density at radius 3 is 2.30 bits per heavy atom. The smallest absolute Gasteiger partial charge is 0.311 e. The van der Waals surface area contributed by atoms with Gasteiger partial charge in [-0.15, -0.1) is 0 Å². The maximum absolute atomic E-state index is 13.2. The van der Waals surface area contributed by atoms with Crippen LogP contribution in [-0.2, 0) is 28.6 Å². The Hall–Kier alpha value is -2.98. The predicted molar refractivity (Wildman–Crippen MR) is 143 cm³/mol. The number of hydrogen-bond acceptors (Lipinski definition) is 9. The zero-order valence-electron chi connectivity index (χ0n) is 23.7. The molecular formula is C30H40N2O8.